The van der Waals surface area contributed by atoms with Crippen molar-refractivity contribution in [3.63, 3.8) is 0 Å². The van der Waals surface area contributed by atoms with Crippen molar-refractivity contribution in [1.82, 2.24) is 15.5 Å². The van der Waals surface area contributed by atoms with E-state index in [1.165, 1.54) is 12.1 Å². The fraction of sp³-hybridized carbons (Fsp3) is 0.391. The molecule has 0 radical (unpaired) electrons. The molecule has 170 valence electrons. The van der Waals surface area contributed by atoms with Crippen molar-refractivity contribution < 1.29 is 9.18 Å². The highest BCUT2D eigenvalue weighted by molar-refractivity contribution is 14.0. The molecule has 0 aliphatic rings. The van der Waals surface area contributed by atoms with Crippen LogP contribution in [0.4, 0.5) is 10.1 Å². The van der Waals surface area contributed by atoms with Gasteiger partial charge in [0.2, 0.25) is 0 Å². The van der Waals surface area contributed by atoms with Gasteiger partial charge in [0.05, 0.1) is 0 Å². The Morgan fingerprint density at radius 2 is 1.74 bits per heavy atom. The predicted octanol–water partition coefficient (Wildman–Crippen LogP) is 3.38. The first kappa shape index (κ1) is 26.7. The van der Waals surface area contributed by atoms with Crippen molar-refractivity contribution in [2.75, 3.05) is 52.7 Å². The Labute approximate surface area is 201 Å². The van der Waals surface area contributed by atoms with Crippen molar-refractivity contribution in [2.24, 2.45) is 4.99 Å². The fourth-order valence-electron chi connectivity index (χ4n) is 3.03. The van der Waals surface area contributed by atoms with Gasteiger partial charge in [-0.2, -0.15) is 0 Å². The van der Waals surface area contributed by atoms with E-state index in [1.807, 2.05) is 42.3 Å². The van der Waals surface area contributed by atoms with Crippen molar-refractivity contribution in [1.29, 1.82) is 0 Å². The molecule has 8 heteroatoms. The monoisotopic (exact) mass is 541 g/mol. The zero-order chi connectivity index (χ0) is 21.9. The molecule has 0 saturated heterocycles. The smallest absolute Gasteiger partial charge is 0.253 e. The predicted molar refractivity (Wildman–Crippen MR) is 137 cm³/mol. The van der Waals surface area contributed by atoms with Crippen LogP contribution >= 0.6 is 24.0 Å². The number of benzene rings is 2. The number of guanidine groups is 1. The van der Waals surface area contributed by atoms with E-state index in [0.717, 1.165) is 43.1 Å². The van der Waals surface area contributed by atoms with Gasteiger partial charge < -0.3 is 20.4 Å². The fourth-order valence-corrected chi connectivity index (χ4v) is 3.03. The maximum absolute atomic E-state index is 13.3. The normalized spacial score (nSPS) is 10.8. The third-order valence-electron chi connectivity index (χ3n) is 4.72. The standard InChI is InChI=1S/C23H32FN5O.HI/c1-25-23(26-13-7-15-29(4)21-11-6-10-20(24)17-21)27-14-12-18-8-5-9-19(16-18)22(30)28(2)3;/h5-6,8-11,16-17H,7,12-15H2,1-4H3,(H2,25,26,27);1H. The zero-order valence-electron chi connectivity index (χ0n) is 18.7. The van der Waals surface area contributed by atoms with E-state index < -0.39 is 0 Å². The molecule has 2 aromatic carbocycles. The number of hydrogen-bond acceptors (Lipinski definition) is 3. The summed E-state index contributed by atoms with van der Waals surface area (Å²) in [5.41, 5.74) is 2.66. The highest BCUT2D eigenvalue weighted by Crippen LogP contribution is 2.13. The van der Waals surface area contributed by atoms with Crippen LogP contribution in [0.1, 0.15) is 22.3 Å². The minimum Gasteiger partial charge on any atom is -0.374 e. The first-order valence-corrected chi connectivity index (χ1v) is 10.1. The van der Waals surface area contributed by atoms with Crippen molar-refractivity contribution in [2.45, 2.75) is 12.8 Å². The SMILES string of the molecule is CN=C(NCCCN(C)c1cccc(F)c1)NCCc1cccc(C(=O)N(C)C)c1.I. The van der Waals surface area contributed by atoms with Crippen molar-refractivity contribution >= 4 is 41.5 Å². The van der Waals surface area contributed by atoms with Crippen LogP contribution in [0.3, 0.4) is 0 Å². The first-order valence-electron chi connectivity index (χ1n) is 10.1. The molecule has 2 N–H and O–H groups in total. The van der Waals surface area contributed by atoms with Crippen LogP contribution in [0.15, 0.2) is 53.5 Å². The number of aliphatic imine (C=N–C) groups is 1. The summed E-state index contributed by atoms with van der Waals surface area (Å²) in [4.78, 5) is 19.9. The number of amides is 1. The lowest BCUT2D eigenvalue weighted by molar-refractivity contribution is 0.0827. The Balaban J connectivity index is 0.00000480. The minimum atomic E-state index is -0.223. The topological polar surface area (TPSA) is 60.0 Å². The Morgan fingerprint density at radius 3 is 2.42 bits per heavy atom. The number of carbonyl (C=O) groups excluding carboxylic acids is 1. The summed E-state index contributed by atoms with van der Waals surface area (Å²) in [6.45, 7) is 2.27. The average Bonchev–Trinajstić information content (AvgIpc) is 2.74. The molecule has 0 unspecified atom stereocenters. The molecule has 1 amide bonds. The van der Waals surface area contributed by atoms with E-state index in [4.69, 9.17) is 0 Å². The quantitative estimate of drug-likeness (QED) is 0.221. The Hall–Kier alpha value is -2.36. The van der Waals surface area contributed by atoms with Gasteiger partial charge in [-0.05, 0) is 48.7 Å². The van der Waals surface area contributed by atoms with Gasteiger partial charge in [0.15, 0.2) is 5.96 Å². The molecule has 0 saturated carbocycles. The Morgan fingerprint density at radius 1 is 1.03 bits per heavy atom. The summed E-state index contributed by atoms with van der Waals surface area (Å²) < 4.78 is 13.3. The van der Waals surface area contributed by atoms with Crippen LogP contribution in [0.5, 0.6) is 0 Å². The molecule has 0 aliphatic carbocycles. The zero-order valence-corrected chi connectivity index (χ0v) is 21.0. The third kappa shape index (κ3) is 9.12. The molecule has 0 fully saturated rings. The summed E-state index contributed by atoms with van der Waals surface area (Å²) >= 11 is 0. The van der Waals surface area contributed by atoms with Gasteiger partial charge in [-0.25, -0.2) is 4.39 Å². The van der Waals surface area contributed by atoms with E-state index in [0.29, 0.717) is 12.1 Å². The van der Waals surface area contributed by atoms with E-state index in [2.05, 4.69) is 15.6 Å². The number of halogens is 2. The minimum absolute atomic E-state index is 0. The largest absolute Gasteiger partial charge is 0.374 e. The third-order valence-corrected chi connectivity index (χ3v) is 4.72. The summed E-state index contributed by atoms with van der Waals surface area (Å²) in [6, 6.07) is 14.3. The lowest BCUT2D eigenvalue weighted by Crippen LogP contribution is -2.39. The summed E-state index contributed by atoms with van der Waals surface area (Å²) in [5.74, 6) is 0.521. The van der Waals surface area contributed by atoms with E-state index in [9.17, 15) is 9.18 Å². The summed E-state index contributed by atoms with van der Waals surface area (Å²) in [7, 11) is 7.20. The van der Waals surface area contributed by atoms with Gasteiger partial charge in [-0.15, -0.1) is 24.0 Å². The Kier molecular flexibility index (Phi) is 11.9. The molecule has 0 aliphatic heterocycles. The van der Waals surface area contributed by atoms with E-state index in [-0.39, 0.29) is 35.7 Å². The van der Waals surface area contributed by atoms with Gasteiger partial charge in [0.1, 0.15) is 5.82 Å². The number of anilines is 1. The molecule has 2 aromatic rings. The molecular weight excluding hydrogens is 508 g/mol. The van der Waals surface area contributed by atoms with Crippen LogP contribution in [0, 0.1) is 5.82 Å². The molecule has 0 heterocycles. The second-order valence-electron chi connectivity index (χ2n) is 7.33. The molecule has 0 aromatic heterocycles. The van der Waals surface area contributed by atoms with Crippen molar-refractivity contribution in [3.8, 4) is 0 Å². The van der Waals surface area contributed by atoms with Crippen molar-refractivity contribution in [3.05, 3.63) is 65.5 Å². The van der Waals surface area contributed by atoms with Gasteiger partial charge in [-0.3, -0.25) is 9.79 Å². The van der Waals surface area contributed by atoms with Gasteiger partial charge in [0.25, 0.3) is 5.91 Å². The number of nitrogens with one attached hydrogen (secondary N) is 2. The molecule has 2 rings (SSSR count). The Bertz CT molecular complexity index is 859. The highest BCUT2D eigenvalue weighted by Gasteiger charge is 2.08. The van der Waals surface area contributed by atoms with Gasteiger partial charge in [0, 0.05) is 59.1 Å². The molecule has 0 bridgehead atoms. The second-order valence-corrected chi connectivity index (χ2v) is 7.33. The van der Waals surface area contributed by atoms with E-state index >= 15 is 0 Å². The molecule has 0 atom stereocenters. The molecule has 31 heavy (non-hydrogen) atoms. The lowest BCUT2D eigenvalue weighted by Gasteiger charge is -2.20. The number of hydrogen-bond donors (Lipinski definition) is 2. The number of carbonyl (C=O) groups is 1. The summed E-state index contributed by atoms with van der Waals surface area (Å²) in [5, 5.41) is 6.59. The summed E-state index contributed by atoms with van der Waals surface area (Å²) in [6.07, 6.45) is 1.68. The van der Waals surface area contributed by atoms with Crippen LogP contribution in [-0.2, 0) is 6.42 Å². The maximum Gasteiger partial charge on any atom is 0.253 e. The highest BCUT2D eigenvalue weighted by atomic mass is 127. The van der Waals surface area contributed by atoms with Crippen LogP contribution in [0.2, 0.25) is 0 Å². The average molecular weight is 541 g/mol. The number of nitrogens with zero attached hydrogens (tertiary/aromatic N) is 3. The lowest BCUT2D eigenvalue weighted by atomic mass is 10.1. The molecular formula is C23H33FIN5O. The van der Waals surface area contributed by atoms with Crippen LogP contribution < -0.4 is 15.5 Å². The van der Waals surface area contributed by atoms with Gasteiger partial charge in [-0.1, -0.05) is 18.2 Å². The number of rotatable bonds is 9. The molecule has 6 nitrogen and oxygen atoms in total. The van der Waals surface area contributed by atoms with E-state index in [1.54, 1.807) is 32.1 Å². The van der Waals surface area contributed by atoms with Crippen LogP contribution in [-0.4, -0.2) is 64.6 Å². The van der Waals surface area contributed by atoms with Crippen LogP contribution in [0.25, 0.3) is 0 Å². The maximum atomic E-state index is 13.3. The molecule has 0 spiro atoms. The van der Waals surface area contributed by atoms with Gasteiger partial charge >= 0.3 is 0 Å². The second kappa shape index (κ2) is 13.8. The first-order chi connectivity index (χ1) is 14.4.